The predicted molar refractivity (Wildman–Crippen MR) is 158 cm³/mol. The lowest BCUT2D eigenvalue weighted by Crippen LogP contribution is -2.41. The smallest absolute Gasteiger partial charge is 0.165 e. The van der Waals surface area contributed by atoms with Crippen LogP contribution in [0.15, 0.2) is 60.7 Å². The van der Waals surface area contributed by atoms with Crippen molar-refractivity contribution >= 4 is 51.2 Å². The van der Waals surface area contributed by atoms with Crippen LogP contribution >= 0.6 is 23.2 Å². The molecule has 0 fully saturated rings. The van der Waals surface area contributed by atoms with Crippen molar-refractivity contribution in [3.05, 3.63) is 98.9 Å². The Balaban J connectivity index is 1.62. The number of aromatic nitrogens is 2. The van der Waals surface area contributed by atoms with Gasteiger partial charge in [0.1, 0.15) is 6.07 Å². The van der Waals surface area contributed by atoms with Crippen LogP contribution in [0.5, 0.6) is 0 Å². The van der Waals surface area contributed by atoms with E-state index in [0.29, 0.717) is 32.9 Å². The molecule has 11 heteroatoms. The van der Waals surface area contributed by atoms with E-state index < -0.39 is 5.82 Å². The van der Waals surface area contributed by atoms with Gasteiger partial charge < -0.3 is 16.1 Å². The zero-order valence-electron chi connectivity index (χ0n) is 22.3. The van der Waals surface area contributed by atoms with Gasteiger partial charge in [0.2, 0.25) is 0 Å². The lowest BCUT2D eigenvalue weighted by Gasteiger charge is -2.23. The molecule has 4 aromatic rings. The molecule has 0 bridgehead atoms. The van der Waals surface area contributed by atoms with Gasteiger partial charge in [-0.25, -0.2) is 4.39 Å². The summed E-state index contributed by atoms with van der Waals surface area (Å²) in [5.74, 6) is -0.607. The van der Waals surface area contributed by atoms with Crippen molar-refractivity contribution in [3.63, 3.8) is 0 Å². The van der Waals surface area contributed by atoms with Gasteiger partial charge in [-0.3, -0.25) is 15.0 Å². The first kappa shape index (κ1) is 27.5. The Morgan fingerprint density at radius 1 is 1.12 bits per heavy atom. The Morgan fingerprint density at radius 3 is 2.62 bits per heavy atom. The fraction of sp³-hybridized carbons (Fsp3) is 0.207. The van der Waals surface area contributed by atoms with Crippen LogP contribution in [-0.2, 0) is 0 Å². The summed E-state index contributed by atoms with van der Waals surface area (Å²) in [5, 5.41) is 19.4. The van der Waals surface area contributed by atoms with Gasteiger partial charge in [-0.1, -0.05) is 35.3 Å². The lowest BCUT2D eigenvalue weighted by molar-refractivity contribution is 0.221. The molecule has 1 aliphatic rings. The highest BCUT2D eigenvalue weighted by Gasteiger charge is 2.26. The van der Waals surface area contributed by atoms with Crippen LogP contribution in [0.1, 0.15) is 42.3 Å². The van der Waals surface area contributed by atoms with Crippen LogP contribution in [0, 0.1) is 31.0 Å². The fourth-order valence-corrected chi connectivity index (χ4v) is 4.93. The summed E-state index contributed by atoms with van der Waals surface area (Å²) < 4.78 is 15.0. The molecule has 0 amide bonds. The molecule has 0 radical (unpaired) electrons. The van der Waals surface area contributed by atoms with Crippen molar-refractivity contribution in [2.24, 2.45) is 0 Å². The minimum absolute atomic E-state index is 0.0123. The highest BCUT2D eigenvalue weighted by Crippen LogP contribution is 2.38. The van der Waals surface area contributed by atoms with Crippen molar-refractivity contribution in [2.45, 2.75) is 39.8 Å². The molecule has 1 aliphatic heterocycles. The molecule has 5 rings (SSSR count). The third kappa shape index (κ3) is 5.21. The molecular formula is C29H27Cl2FN8. The number of nitriles is 1. The van der Waals surface area contributed by atoms with E-state index >= 15 is 4.39 Å². The minimum atomic E-state index is -0.607. The molecule has 0 aliphatic carbocycles. The van der Waals surface area contributed by atoms with Crippen molar-refractivity contribution in [3.8, 4) is 6.07 Å². The summed E-state index contributed by atoms with van der Waals surface area (Å²) >= 11 is 12.9. The topological polar surface area (TPSA) is 101 Å². The molecule has 4 N–H and O–H groups in total. The largest absolute Gasteiger partial charge is 0.373 e. The quantitative estimate of drug-likeness (QED) is 0.186. The average Bonchev–Trinajstić information content (AvgIpc) is 3.43. The zero-order chi connectivity index (χ0) is 28.6. The van der Waals surface area contributed by atoms with Crippen LogP contribution in [0.25, 0.3) is 10.9 Å². The second-order valence-electron chi connectivity index (χ2n) is 9.77. The normalized spacial score (nSPS) is 13.7. The summed E-state index contributed by atoms with van der Waals surface area (Å²) in [5.41, 5.74) is 11.6. The third-order valence-electron chi connectivity index (χ3n) is 6.73. The van der Waals surface area contributed by atoms with Crippen LogP contribution in [0.2, 0.25) is 10.0 Å². The second kappa shape index (κ2) is 11.2. The van der Waals surface area contributed by atoms with E-state index in [1.165, 1.54) is 6.20 Å². The van der Waals surface area contributed by atoms with E-state index in [-0.39, 0.29) is 28.4 Å². The summed E-state index contributed by atoms with van der Waals surface area (Å²) in [6.45, 7) is 7.83. The average molecular weight is 577 g/mol. The first-order valence-corrected chi connectivity index (χ1v) is 13.4. The molecule has 0 saturated heterocycles. The van der Waals surface area contributed by atoms with Gasteiger partial charge in [0.25, 0.3) is 0 Å². The Hall–Kier alpha value is -4.10. The van der Waals surface area contributed by atoms with Crippen LogP contribution in [0.4, 0.5) is 21.5 Å². The van der Waals surface area contributed by atoms with Crippen molar-refractivity contribution in [1.82, 2.24) is 25.9 Å². The SMILES string of the molecule is Cc1ccc(Nc2c(C#N)cnc3c(Cl)cc(N[C@H](C4=CN(C(C)C)NN4)c4cccnc4C)cc23)c(F)c1Cl. The molecule has 0 unspecified atom stereocenters. The van der Waals surface area contributed by atoms with E-state index in [1.807, 2.05) is 36.3 Å². The Morgan fingerprint density at radius 2 is 1.93 bits per heavy atom. The van der Waals surface area contributed by atoms with Gasteiger partial charge >= 0.3 is 0 Å². The van der Waals surface area contributed by atoms with Gasteiger partial charge in [-0.05, 0) is 57.5 Å². The summed E-state index contributed by atoms with van der Waals surface area (Å²) in [7, 11) is 0. The predicted octanol–water partition coefficient (Wildman–Crippen LogP) is 7.04. The molecular weight excluding hydrogens is 550 g/mol. The fourth-order valence-electron chi connectivity index (χ4n) is 4.50. The Bertz CT molecular complexity index is 1680. The standard InChI is InChI=1S/C29H27Cl2FN8/c1-15(2)40-14-24(38-39-40)29(20-6-5-9-34-17(20)4)36-19-10-21-27(18(12-33)13-35-28(21)22(30)11-19)37-23-8-7-16(3)25(31)26(23)32/h5-11,13-15,29,36,38-39H,1-4H3,(H,35,37)/t29-/m0/s1. The van der Waals surface area contributed by atoms with Gasteiger partial charge in [-0.15, -0.1) is 5.53 Å². The van der Waals surface area contributed by atoms with E-state index in [0.717, 1.165) is 17.0 Å². The number of nitrogens with one attached hydrogen (secondary N) is 4. The highest BCUT2D eigenvalue weighted by atomic mass is 35.5. The van der Waals surface area contributed by atoms with Crippen molar-refractivity contribution in [2.75, 3.05) is 10.6 Å². The number of hydrogen-bond donors (Lipinski definition) is 4. The number of fused-ring (bicyclic) bond motifs is 1. The maximum atomic E-state index is 15.0. The number of hydrogen-bond acceptors (Lipinski definition) is 8. The molecule has 204 valence electrons. The molecule has 2 aromatic carbocycles. The highest BCUT2D eigenvalue weighted by molar-refractivity contribution is 6.36. The van der Waals surface area contributed by atoms with E-state index in [2.05, 4.69) is 51.5 Å². The number of hydrazine groups is 2. The van der Waals surface area contributed by atoms with E-state index in [9.17, 15) is 5.26 Å². The van der Waals surface area contributed by atoms with Gasteiger partial charge in [0.05, 0.1) is 44.2 Å². The molecule has 8 nitrogen and oxygen atoms in total. The summed E-state index contributed by atoms with van der Waals surface area (Å²) in [6.07, 6.45) is 5.17. The molecule has 3 heterocycles. The van der Waals surface area contributed by atoms with E-state index in [1.54, 1.807) is 31.3 Å². The maximum absolute atomic E-state index is 15.0. The third-order valence-corrected chi connectivity index (χ3v) is 7.48. The van der Waals surface area contributed by atoms with Crippen LogP contribution in [0.3, 0.4) is 0 Å². The molecule has 0 saturated carbocycles. The number of anilines is 3. The van der Waals surface area contributed by atoms with Crippen molar-refractivity contribution < 1.29 is 4.39 Å². The minimum Gasteiger partial charge on any atom is -0.373 e. The Labute approximate surface area is 241 Å². The van der Waals surface area contributed by atoms with Gasteiger partial charge in [0, 0.05) is 47.0 Å². The number of rotatable bonds is 7. The number of halogens is 3. The Kier molecular flexibility index (Phi) is 7.68. The van der Waals surface area contributed by atoms with E-state index in [4.69, 9.17) is 23.2 Å². The summed E-state index contributed by atoms with van der Waals surface area (Å²) in [4.78, 5) is 8.90. The number of nitrogens with zero attached hydrogens (tertiary/aromatic N) is 4. The van der Waals surface area contributed by atoms with Crippen molar-refractivity contribution in [1.29, 1.82) is 5.26 Å². The lowest BCUT2D eigenvalue weighted by atomic mass is 10.0. The van der Waals surface area contributed by atoms with Crippen LogP contribution in [-0.4, -0.2) is 21.0 Å². The second-order valence-corrected chi connectivity index (χ2v) is 10.6. The zero-order valence-corrected chi connectivity index (χ0v) is 23.8. The number of aryl methyl sites for hydroxylation is 2. The van der Waals surface area contributed by atoms with Gasteiger partial charge in [0.15, 0.2) is 5.82 Å². The van der Waals surface area contributed by atoms with Crippen LogP contribution < -0.4 is 21.6 Å². The molecule has 40 heavy (non-hydrogen) atoms. The molecule has 1 atom stereocenters. The number of pyridine rings is 2. The first-order valence-electron chi connectivity index (χ1n) is 12.6. The monoisotopic (exact) mass is 576 g/mol. The first-order chi connectivity index (χ1) is 19.2. The summed E-state index contributed by atoms with van der Waals surface area (Å²) in [6, 6.07) is 12.8. The maximum Gasteiger partial charge on any atom is 0.165 e. The van der Waals surface area contributed by atoms with Gasteiger partial charge in [-0.2, -0.15) is 5.26 Å². The molecule has 0 spiro atoms. The molecule has 2 aromatic heterocycles. The number of benzene rings is 2.